The fraction of sp³-hybridized carbons (Fsp3) is 0.500. The van der Waals surface area contributed by atoms with Crippen LogP contribution >= 0.6 is 11.6 Å². The van der Waals surface area contributed by atoms with Crippen molar-refractivity contribution in [3.63, 3.8) is 0 Å². The van der Waals surface area contributed by atoms with E-state index >= 15 is 0 Å². The first-order chi connectivity index (χ1) is 5.11. The Balaban J connectivity index is 4.37. The average Bonchev–Trinajstić information content (AvgIpc) is 2.02. The molecule has 11 heavy (non-hydrogen) atoms. The summed E-state index contributed by atoms with van der Waals surface area (Å²) in [5, 5.41) is 0.668. The molecule has 0 radical (unpaired) electrons. The molecule has 0 heterocycles. The highest BCUT2D eigenvalue weighted by Crippen LogP contribution is 2.11. The van der Waals surface area contributed by atoms with Crippen LogP contribution in [0.1, 0.15) is 20.3 Å². The number of rotatable bonds is 3. The maximum Gasteiger partial charge on any atom is 0.0945 e. The Kier molecular flexibility index (Phi) is 4.79. The predicted octanol–water partition coefficient (Wildman–Crippen LogP) is 2.36. The van der Waals surface area contributed by atoms with Crippen LogP contribution < -0.4 is 5.73 Å². The van der Waals surface area contributed by atoms with E-state index in [1.165, 1.54) is 0 Å². The summed E-state index contributed by atoms with van der Waals surface area (Å²) in [6, 6.07) is 0. The lowest BCUT2D eigenvalue weighted by Gasteiger charge is -2.00. The van der Waals surface area contributed by atoms with Crippen molar-refractivity contribution >= 4 is 11.6 Å². The fourth-order valence-corrected chi connectivity index (χ4v) is 0.615. The maximum atomic E-state index is 5.77. The molecule has 0 atom stereocenters. The molecule has 2 N–H and O–H groups in total. The molecule has 0 aliphatic heterocycles. The molecule has 0 saturated carbocycles. The third-order valence-corrected chi connectivity index (χ3v) is 1.79. The molecule has 64 valence electrons. The zero-order valence-corrected chi connectivity index (χ0v) is 7.90. The highest BCUT2D eigenvalue weighted by molar-refractivity contribution is 6.30. The number of hydrogen-bond donors (Lipinski definition) is 1. The Hall–Kier alpha value is -0.630. The van der Waals surface area contributed by atoms with Gasteiger partial charge < -0.3 is 10.5 Å². The molecule has 0 aromatic carbocycles. The van der Waals surface area contributed by atoms with E-state index in [0.717, 1.165) is 12.2 Å². The molecule has 3 heteroatoms. The van der Waals surface area contributed by atoms with Gasteiger partial charge in [-0.15, -0.1) is 0 Å². The normalized spacial score (nSPS) is 14.4. The summed E-state index contributed by atoms with van der Waals surface area (Å²) in [4.78, 5) is 0. The van der Waals surface area contributed by atoms with Crippen LogP contribution in [0.3, 0.4) is 0 Å². The second-order valence-corrected chi connectivity index (χ2v) is 2.63. The van der Waals surface area contributed by atoms with E-state index in [1.54, 1.807) is 13.2 Å². The predicted molar refractivity (Wildman–Crippen MR) is 48.1 cm³/mol. The zero-order valence-electron chi connectivity index (χ0n) is 7.15. The minimum Gasteiger partial charge on any atom is -0.501 e. The van der Waals surface area contributed by atoms with Gasteiger partial charge >= 0.3 is 0 Å². The first-order valence-electron chi connectivity index (χ1n) is 3.48. The molecule has 0 saturated heterocycles. The summed E-state index contributed by atoms with van der Waals surface area (Å²) in [7, 11) is 1.60. The second-order valence-electron chi connectivity index (χ2n) is 2.17. The molecule has 0 rings (SSSR count). The molecule has 2 nitrogen and oxygen atoms in total. The van der Waals surface area contributed by atoms with E-state index < -0.39 is 0 Å². The standard InChI is InChI=1S/C8H14ClNO/c1-4-7(9)8(10)5-6(2)11-3/h5H,4,10H2,1-3H3/b6-5+,8-7-. The Morgan fingerprint density at radius 2 is 2.18 bits per heavy atom. The van der Waals surface area contributed by atoms with Crippen LogP contribution in [0.15, 0.2) is 22.6 Å². The molecule has 0 fully saturated rings. The van der Waals surface area contributed by atoms with Gasteiger partial charge in [-0.25, -0.2) is 0 Å². The summed E-state index contributed by atoms with van der Waals surface area (Å²) in [5.41, 5.74) is 6.17. The lowest BCUT2D eigenvalue weighted by molar-refractivity contribution is 0.293. The lowest BCUT2D eigenvalue weighted by atomic mass is 10.3. The van der Waals surface area contributed by atoms with Crippen molar-refractivity contribution in [1.82, 2.24) is 0 Å². The van der Waals surface area contributed by atoms with Crippen LogP contribution in [-0.4, -0.2) is 7.11 Å². The quantitative estimate of drug-likeness (QED) is 0.528. The number of allylic oxidation sites excluding steroid dienone is 3. The number of nitrogens with two attached hydrogens (primary N) is 1. The smallest absolute Gasteiger partial charge is 0.0945 e. The van der Waals surface area contributed by atoms with Crippen molar-refractivity contribution in [3.8, 4) is 0 Å². The highest BCUT2D eigenvalue weighted by atomic mass is 35.5. The first kappa shape index (κ1) is 10.4. The number of hydrogen-bond acceptors (Lipinski definition) is 2. The van der Waals surface area contributed by atoms with Gasteiger partial charge in [0.25, 0.3) is 0 Å². The third-order valence-electron chi connectivity index (χ3n) is 1.30. The van der Waals surface area contributed by atoms with E-state index in [4.69, 9.17) is 22.1 Å². The largest absolute Gasteiger partial charge is 0.501 e. The van der Waals surface area contributed by atoms with E-state index in [2.05, 4.69) is 0 Å². The van der Waals surface area contributed by atoms with Crippen molar-refractivity contribution in [2.75, 3.05) is 7.11 Å². The summed E-state index contributed by atoms with van der Waals surface area (Å²) < 4.78 is 4.90. The van der Waals surface area contributed by atoms with Gasteiger partial charge in [-0.2, -0.15) is 0 Å². The van der Waals surface area contributed by atoms with Gasteiger partial charge in [0.1, 0.15) is 0 Å². The van der Waals surface area contributed by atoms with E-state index in [1.807, 2.05) is 13.8 Å². The second kappa shape index (κ2) is 5.08. The summed E-state index contributed by atoms with van der Waals surface area (Å²) in [6.07, 6.45) is 2.46. The van der Waals surface area contributed by atoms with Gasteiger partial charge in [-0.05, 0) is 19.4 Å². The minimum atomic E-state index is 0.577. The van der Waals surface area contributed by atoms with Crippen LogP contribution in [0, 0.1) is 0 Å². The van der Waals surface area contributed by atoms with Gasteiger partial charge in [-0.3, -0.25) is 0 Å². The van der Waals surface area contributed by atoms with Crippen molar-refractivity contribution < 1.29 is 4.74 Å². The Bertz CT molecular complexity index is 185. The van der Waals surface area contributed by atoms with Gasteiger partial charge in [-0.1, -0.05) is 18.5 Å². The molecule has 0 amide bonds. The zero-order chi connectivity index (χ0) is 8.85. The summed E-state index contributed by atoms with van der Waals surface area (Å²) >= 11 is 5.77. The number of ether oxygens (including phenoxy) is 1. The molecule has 0 bridgehead atoms. The van der Waals surface area contributed by atoms with Crippen LogP contribution in [-0.2, 0) is 4.74 Å². The summed E-state index contributed by atoms with van der Waals surface area (Å²) in [6.45, 7) is 3.78. The van der Waals surface area contributed by atoms with Crippen molar-refractivity contribution in [3.05, 3.63) is 22.6 Å². The van der Waals surface area contributed by atoms with E-state index in [9.17, 15) is 0 Å². The first-order valence-corrected chi connectivity index (χ1v) is 3.86. The molecule has 0 aliphatic rings. The SMILES string of the molecule is CC/C(Cl)=C(N)\C=C(/C)OC. The third kappa shape index (κ3) is 3.94. The topological polar surface area (TPSA) is 35.2 Å². The molecule has 0 aromatic heterocycles. The molecule has 0 aliphatic carbocycles. The van der Waals surface area contributed by atoms with Gasteiger partial charge in [0.05, 0.1) is 12.9 Å². The van der Waals surface area contributed by atoms with Gasteiger partial charge in [0.2, 0.25) is 0 Å². The number of halogens is 1. The van der Waals surface area contributed by atoms with Crippen LogP contribution in [0.5, 0.6) is 0 Å². The van der Waals surface area contributed by atoms with Crippen molar-refractivity contribution in [2.24, 2.45) is 5.73 Å². The maximum absolute atomic E-state index is 5.77. The molecular formula is C8H14ClNO. The lowest BCUT2D eigenvalue weighted by Crippen LogP contribution is -1.97. The highest BCUT2D eigenvalue weighted by Gasteiger charge is 1.94. The Morgan fingerprint density at radius 1 is 1.64 bits per heavy atom. The molecular weight excluding hydrogens is 162 g/mol. The van der Waals surface area contributed by atoms with E-state index in [0.29, 0.717) is 10.7 Å². The van der Waals surface area contributed by atoms with Crippen LogP contribution in [0.2, 0.25) is 0 Å². The summed E-state index contributed by atoms with van der Waals surface area (Å²) in [5.74, 6) is 0.758. The average molecular weight is 176 g/mol. The monoisotopic (exact) mass is 175 g/mol. The Labute approximate surface area is 72.7 Å². The van der Waals surface area contributed by atoms with Crippen LogP contribution in [0.25, 0.3) is 0 Å². The molecule has 0 spiro atoms. The van der Waals surface area contributed by atoms with E-state index in [-0.39, 0.29) is 0 Å². The minimum absolute atomic E-state index is 0.577. The van der Waals surface area contributed by atoms with Crippen LogP contribution in [0.4, 0.5) is 0 Å². The van der Waals surface area contributed by atoms with Crippen molar-refractivity contribution in [1.29, 1.82) is 0 Å². The molecule has 0 unspecified atom stereocenters. The van der Waals surface area contributed by atoms with Crippen molar-refractivity contribution in [2.45, 2.75) is 20.3 Å². The molecule has 0 aromatic rings. The van der Waals surface area contributed by atoms with Gasteiger partial charge in [0, 0.05) is 10.7 Å². The Morgan fingerprint density at radius 3 is 2.55 bits per heavy atom. The number of methoxy groups -OCH3 is 1. The fourth-order valence-electron chi connectivity index (χ4n) is 0.560. The van der Waals surface area contributed by atoms with Gasteiger partial charge in [0.15, 0.2) is 0 Å².